The van der Waals surface area contributed by atoms with Gasteiger partial charge in [0.15, 0.2) is 0 Å². The lowest BCUT2D eigenvalue weighted by Crippen LogP contribution is -2.23. The first-order chi connectivity index (χ1) is 12.3. The number of aliphatic carboxylic acids is 2. The number of rotatable bonds is 10. The molecule has 2 saturated carbocycles. The molecule has 0 spiro atoms. The second-order valence-electron chi connectivity index (χ2n) is 8.51. The van der Waals surface area contributed by atoms with Crippen molar-refractivity contribution in [3.63, 3.8) is 0 Å². The average Bonchev–Trinajstić information content (AvgIpc) is 3.25. The van der Waals surface area contributed by atoms with Crippen LogP contribution in [-0.4, -0.2) is 27.3 Å². The number of nitrogens with zero attached hydrogens (tertiary/aromatic N) is 1. The smallest absolute Gasteiger partial charge is 0.304 e. The molecule has 6 nitrogen and oxygen atoms in total. The molecule has 1 heterocycles. The zero-order valence-corrected chi connectivity index (χ0v) is 15.6. The molecule has 0 radical (unpaired) electrons. The number of aromatic nitrogens is 1. The maximum atomic E-state index is 11.3. The van der Waals surface area contributed by atoms with Gasteiger partial charge in [-0.15, -0.1) is 0 Å². The summed E-state index contributed by atoms with van der Waals surface area (Å²) in [7, 11) is 0. The summed E-state index contributed by atoms with van der Waals surface area (Å²) in [4.78, 5) is 22.2. The number of hydrogen-bond acceptors (Lipinski definition) is 4. The van der Waals surface area contributed by atoms with Crippen LogP contribution in [0.25, 0.3) is 0 Å². The average molecular weight is 363 g/mol. The van der Waals surface area contributed by atoms with E-state index in [0.717, 1.165) is 42.9 Å². The molecule has 2 N–H and O–H groups in total. The Morgan fingerprint density at radius 1 is 1.15 bits per heavy atom. The van der Waals surface area contributed by atoms with Gasteiger partial charge < -0.3 is 14.7 Å². The van der Waals surface area contributed by atoms with Gasteiger partial charge in [0.1, 0.15) is 5.76 Å². The second kappa shape index (κ2) is 7.80. The summed E-state index contributed by atoms with van der Waals surface area (Å²) in [5.41, 5.74) is 1.81. The quantitative estimate of drug-likeness (QED) is 0.634. The first-order valence-corrected chi connectivity index (χ1v) is 9.78. The zero-order valence-electron chi connectivity index (χ0n) is 15.6. The minimum absolute atomic E-state index is 0.0515. The Bertz CT molecular complexity index is 655. The van der Waals surface area contributed by atoms with Gasteiger partial charge in [-0.2, -0.15) is 0 Å². The first kappa shape index (κ1) is 18.9. The summed E-state index contributed by atoms with van der Waals surface area (Å²) in [6.07, 6.45) is 5.77. The fourth-order valence-electron chi connectivity index (χ4n) is 4.35. The SMILES string of the molecule is CC(C)CC1CC(c2onc([C@@H](CCC(=O)O)CC(=O)O)c2C2CC2)C1. The van der Waals surface area contributed by atoms with Gasteiger partial charge in [0.25, 0.3) is 0 Å². The zero-order chi connectivity index (χ0) is 18.8. The van der Waals surface area contributed by atoms with Gasteiger partial charge in [-0.3, -0.25) is 9.59 Å². The topological polar surface area (TPSA) is 101 Å². The summed E-state index contributed by atoms with van der Waals surface area (Å²) in [5, 5.41) is 22.5. The summed E-state index contributed by atoms with van der Waals surface area (Å²) in [5.74, 6) is 0.973. The molecule has 0 aromatic carbocycles. The van der Waals surface area contributed by atoms with E-state index in [1.165, 1.54) is 6.42 Å². The van der Waals surface area contributed by atoms with Gasteiger partial charge in [-0.25, -0.2) is 0 Å². The molecular weight excluding hydrogens is 334 g/mol. The molecule has 0 unspecified atom stereocenters. The minimum atomic E-state index is -0.924. The third-order valence-corrected chi connectivity index (χ3v) is 5.69. The molecule has 144 valence electrons. The molecule has 2 aliphatic rings. The van der Waals surface area contributed by atoms with Crippen molar-refractivity contribution in [3.05, 3.63) is 17.0 Å². The monoisotopic (exact) mass is 363 g/mol. The molecule has 0 saturated heterocycles. The van der Waals surface area contributed by atoms with E-state index >= 15 is 0 Å². The van der Waals surface area contributed by atoms with Crippen molar-refractivity contribution in [3.8, 4) is 0 Å². The van der Waals surface area contributed by atoms with E-state index in [0.29, 0.717) is 23.4 Å². The highest BCUT2D eigenvalue weighted by Gasteiger charge is 2.41. The van der Waals surface area contributed by atoms with Crippen LogP contribution in [0.5, 0.6) is 0 Å². The molecule has 3 rings (SSSR count). The van der Waals surface area contributed by atoms with Crippen molar-refractivity contribution in [2.45, 2.75) is 83.0 Å². The van der Waals surface area contributed by atoms with Crippen molar-refractivity contribution in [1.82, 2.24) is 5.16 Å². The summed E-state index contributed by atoms with van der Waals surface area (Å²) in [6.45, 7) is 4.49. The maximum absolute atomic E-state index is 11.3. The van der Waals surface area contributed by atoms with Crippen LogP contribution in [0.4, 0.5) is 0 Å². The first-order valence-electron chi connectivity index (χ1n) is 9.78. The predicted molar refractivity (Wildman–Crippen MR) is 95.3 cm³/mol. The molecule has 0 bridgehead atoms. The van der Waals surface area contributed by atoms with Gasteiger partial charge >= 0.3 is 11.9 Å². The Morgan fingerprint density at radius 2 is 1.85 bits per heavy atom. The van der Waals surface area contributed by atoms with Gasteiger partial charge in [0, 0.05) is 23.8 Å². The lowest BCUT2D eigenvalue weighted by Gasteiger charge is -2.35. The van der Waals surface area contributed by atoms with Crippen LogP contribution >= 0.6 is 0 Å². The highest BCUT2D eigenvalue weighted by atomic mass is 16.5. The maximum Gasteiger partial charge on any atom is 0.304 e. The van der Waals surface area contributed by atoms with Gasteiger partial charge in [-0.05, 0) is 56.3 Å². The van der Waals surface area contributed by atoms with Crippen LogP contribution < -0.4 is 0 Å². The van der Waals surface area contributed by atoms with Crippen LogP contribution in [0.1, 0.15) is 100.0 Å². The van der Waals surface area contributed by atoms with Gasteiger partial charge in [0.05, 0.1) is 12.1 Å². The lowest BCUT2D eigenvalue weighted by molar-refractivity contribution is -0.139. The molecule has 1 aromatic heterocycles. The van der Waals surface area contributed by atoms with Crippen molar-refractivity contribution in [2.24, 2.45) is 11.8 Å². The van der Waals surface area contributed by atoms with Crippen molar-refractivity contribution >= 4 is 11.9 Å². The Hall–Kier alpha value is -1.85. The van der Waals surface area contributed by atoms with Crippen LogP contribution in [0.15, 0.2) is 4.52 Å². The minimum Gasteiger partial charge on any atom is -0.481 e. The molecular formula is C20H29NO5. The summed E-state index contributed by atoms with van der Waals surface area (Å²) in [6, 6.07) is 0. The number of hydrogen-bond donors (Lipinski definition) is 2. The van der Waals surface area contributed by atoms with Gasteiger partial charge in [-0.1, -0.05) is 19.0 Å². The van der Waals surface area contributed by atoms with Crippen LogP contribution in [0.2, 0.25) is 0 Å². The summed E-state index contributed by atoms with van der Waals surface area (Å²) >= 11 is 0. The molecule has 26 heavy (non-hydrogen) atoms. The molecule has 1 aromatic rings. The Kier molecular flexibility index (Phi) is 5.68. The lowest BCUT2D eigenvalue weighted by atomic mass is 9.69. The van der Waals surface area contributed by atoms with Crippen molar-refractivity contribution < 1.29 is 24.3 Å². The third kappa shape index (κ3) is 4.46. The molecule has 2 aliphatic carbocycles. The third-order valence-electron chi connectivity index (χ3n) is 5.69. The molecule has 0 aliphatic heterocycles. The number of carbonyl (C=O) groups is 2. The normalized spacial score (nSPS) is 23.7. The Labute approximate surface area is 154 Å². The fraction of sp³-hybridized carbons (Fsp3) is 0.750. The van der Waals surface area contributed by atoms with Gasteiger partial charge in [0.2, 0.25) is 0 Å². The van der Waals surface area contributed by atoms with Crippen LogP contribution in [0.3, 0.4) is 0 Å². The highest BCUT2D eigenvalue weighted by molar-refractivity contribution is 5.69. The van der Waals surface area contributed by atoms with E-state index in [4.69, 9.17) is 9.63 Å². The Morgan fingerprint density at radius 3 is 2.38 bits per heavy atom. The van der Waals surface area contributed by atoms with Crippen LogP contribution in [-0.2, 0) is 9.59 Å². The molecule has 6 heteroatoms. The number of carboxylic acid groups (broad SMARTS) is 2. The molecule has 0 amide bonds. The van der Waals surface area contributed by atoms with E-state index in [1.807, 2.05) is 0 Å². The van der Waals surface area contributed by atoms with E-state index in [1.54, 1.807) is 0 Å². The second-order valence-corrected chi connectivity index (χ2v) is 8.51. The highest BCUT2D eigenvalue weighted by Crippen LogP contribution is 2.52. The standard InChI is InChI=1S/C20H29NO5/c1-11(2)7-12-8-15(9-12)20-18(13-3-4-13)19(21-26-20)14(10-17(24)25)5-6-16(22)23/h11-15H,3-10H2,1-2H3,(H,22,23)(H,24,25)/t12?,14-,15?/m0/s1. The fourth-order valence-corrected chi connectivity index (χ4v) is 4.35. The van der Waals surface area contributed by atoms with E-state index < -0.39 is 11.9 Å². The number of carboxylic acids is 2. The Balaban J connectivity index is 1.77. The van der Waals surface area contributed by atoms with E-state index in [2.05, 4.69) is 19.0 Å². The van der Waals surface area contributed by atoms with Crippen molar-refractivity contribution in [2.75, 3.05) is 0 Å². The van der Waals surface area contributed by atoms with E-state index in [9.17, 15) is 14.7 Å². The van der Waals surface area contributed by atoms with E-state index in [-0.39, 0.29) is 25.2 Å². The largest absolute Gasteiger partial charge is 0.481 e. The summed E-state index contributed by atoms with van der Waals surface area (Å²) < 4.78 is 5.73. The molecule has 1 atom stereocenters. The molecule has 2 fully saturated rings. The van der Waals surface area contributed by atoms with Crippen LogP contribution in [0, 0.1) is 11.8 Å². The predicted octanol–water partition coefficient (Wildman–Crippen LogP) is 4.51. The van der Waals surface area contributed by atoms with Crippen molar-refractivity contribution in [1.29, 1.82) is 0 Å².